The van der Waals surface area contributed by atoms with Crippen LogP contribution in [0.3, 0.4) is 0 Å². The molecular formula is C6H10N2O3. The molecule has 2 N–H and O–H groups in total. The maximum Gasteiger partial charge on any atom is 0.362 e. The Hall–Kier alpha value is -1.39. The van der Waals surface area contributed by atoms with E-state index in [0.29, 0.717) is 0 Å². The summed E-state index contributed by atoms with van der Waals surface area (Å²) in [4.78, 5) is 10.8. The van der Waals surface area contributed by atoms with E-state index in [4.69, 9.17) is 10.6 Å². The number of esters is 1. The van der Waals surface area contributed by atoms with Gasteiger partial charge in [0.05, 0.1) is 6.61 Å². The van der Waals surface area contributed by atoms with E-state index < -0.39 is 5.97 Å². The lowest BCUT2D eigenvalue weighted by molar-refractivity contribution is -0.138. The number of aliphatic hydroxyl groups is 1. The van der Waals surface area contributed by atoms with Gasteiger partial charge < -0.3 is 9.84 Å². The Bertz CT molecular complexity index is 194. The summed E-state index contributed by atoms with van der Waals surface area (Å²) in [5, 5.41) is 11.6. The largest absolute Gasteiger partial charge is 0.510 e. The van der Waals surface area contributed by atoms with Gasteiger partial charge in [-0.2, -0.15) is 0 Å². The van der Waals surface area contributed by atoms with E-state index in [1.54, 1.807) is 6.92 Å². The third-order valence-corrected chi connectivity index (χ3v) is 0.923. The van der Waals surface area contributed by atoms with Crippen LogP contribution >= 0.6 is 0 Å². The molecule has 0 atom stereocenters. The van der Waals surface area contributed by atoms with E-state index in [1.165, 1.54) is 6.92 Å². The van der Waals surface area contributed by atoms with Crippen LogP contribution in [-0.4, -0.2) is 17.7 Å². The second-order valence-corrected chi connectivity index (χ2v) is 1.77. The number of aliphatic hydroxyl groups excluding tert-OH is 1. The quantitative estimate of drug-likeness (QED) is 0.281. The highest BCUT2D eigenvalue weighted by molar-refractivity contribution is 5.88. The van der Waals surface area contributed by atoms with Gasteiger partial charge in [-0.1, -0.05) is 0 Å². The van der Waals surface area contributed by atoms with Gasteiger partial charge in [-0.05, 0) is 13.8 Å². The van der Waals surface area contributed by atoms with Crippen LogP contribution in [0.4, 0.5) is 0 Å². The van der Waals surface area contributed by atoms with Crippen molar-refractivity contribution in [3.05, 3.63) is 11.5 Å². The minimum Gasteiger partial charge on any atom is -0.510 e. The van der Waals surface area contributed by atoms with Crippen molar-refractivity contribution in [2.24, 2.45) is 5.11 Å². The van der Waals surface area contributed by atoms with Gasteiger partial charge in [-0.15, -0.1) is 5.11 Å². The number of carbonyl (C=O) groups is 1. The first-order valence-electron chi connectivity index (χ1n) is 3.07. The Balaban J connectivity index is 4.40. The van der Waals surface area contributed by atoms with Gasteiger partial charge in [0, 0.05) is 0 Å². The molecule has 0 unspecified atom stereocenters. The standard InChI is InChI=1S/C6H10N2O3/c1-3-11-6(10)5(8-7)4(2)9/h7,9H,3H2,1-2H3/b5-4-,8-7?. The molecule has 5 heteroatoms. The highest BCUT2D eigenvalue weighted by atomic mass is 16.5. The van der Waals surface area contributed by atoms with Gasteiger partial charge in [0.1, 0.15) is 5.76 Å². The van der Waals surface area contributed by atoms with Crippen LogP contribution in [0, 0.1) is 5.53 Å². The zero-order valence-electron chi connectivity index (χ0n) is 6.42. The van der Waals surface area contributed by atoms with E-state index in [2.05, 4.69) is 9.85 Å². The van der Waals surface area contributed by atoms with Crippen molar-refractivity contribution >= 4 is 5.97 Å². The summed E-state index contributed by atoms with van der Waals surface area (Å²) in [7, 11) is 0. The number of hydrogen-bond donors (Lipinski definition) is 2. The molecule has 0 heterocycles. The van der Waals surface area contributed by atoms with Crippen molar-refractivity contribution in [3.8, 4) is 0 Å². The number of nitrogens with one attached hydrogen (secondary N) is 1. The van der Waals surface area contributed by atoms with Crippen molar-refractivity contribution in [2.45, 2.75) is 13.8 Å². The molecule has 11 heavy (non-hydrogen) atoms. The van der Waals surface area contributed by atoms with Crippen molar-refractivity contribution < 1.29 is 14.6 Å². The lowest BCUT2D eigenvalue weighted by Gasteiger charge is -2.00. The molecule has 0 aliphatic heterocycles. The summed E-state index contributed by atoms with van der Waals surface area (Å²) in [6.45, 7) is 3.10. The summed E-state index contributed by atoms with van der Waals surface area (Å²) < 4.78 is 4.49. The summed E-state index contributed by atoms with van der Waals surface area (Å²) in [5.41, 5.74) is 6.15. The molecular weight excluding hydrogens is 148 g/mol. The number of ether oxygens (including phenoxy) is 1. The molecule has 0 aromatic heterocycles. The molecule has 0 saturated heterocycles. The van der Waals surface area contributed by atoms with Gasteiger partial charge in [-0.3, -0.25) is 0 Å². The fraction of sp³-hybridized carbons (Fsp3) is 0.500. The summed E-state index contributed by atoms with van der Waals surface area (Å²) in [6, 6.07) is 0. The normalized spacial score (nSPS) is 11.8. The van der Waals surface area contributed by atoms with Gasteiger partial charge in [0.2, 0.25) is 5.70 Å². The zero-order chi connectivity index (χ0) is 8.85. The van der Waals surface area contributed by atoms with E-state index in [0.717, 1.165) is 0 Å². The van der Waals surface area contributed by atoms with Crippen LogP contribution in [-0.2, 0) is 9.53 Å². The average Bonchev–Trinajstić information content (AvgIpc) is 1.88. The molecule has 0 aromatic rings. The van der Waals surface area contributed by atoms with Crippen molar-refractivity contribution in [3.63, 3.8) is 0 Å². The number of hydrogen-bond acceptors (Lipinski definition) is 5. The average molecular weight is 158 g/mol. The van der Waals surface area contributed by atoms with E-state index in [9.17, 15) is 4.79 Å². The Labute approximate surface area is 64.2 Å². The van der Waals surface area contributed by atoms with Crippen LogP contribution < -0.4 is 0 Å². The molecule has 0 aliphatic carbocycles. The predicted octanol–water partition coefficient (Wildman–Crippen LogP) is 1.37. The highest BCUT2D eigenvalue weighted by Gasteiger charge is 2.12. The lowest BCUT2D eigenvalue weighted by atomic mass is 10.4. The Morgan fingerprint density at radius 3 is 2.55 bits per heavy atom. The van der Waals surface area contributed by atoms with E-state index >= 15 is 0 Å². The van der Waals surface area contributed by atoms with Crippen LogP contribution in [0.1, 0.15) is 13.8 Å². The zero-order valence-corrected chi connectivity index (χ0v) is 6.42. The third-order valence-electron chi connectivity index (χ3n) is 0.923. The molecule has 0 radical (unpaired) electrons. The fourth-order valence-electron chi connectivity index (χ4n) is 0.474. The first-order chi connectivity index (χ1) is 5.13. The minimum atomic E-state index is -0.775. The second-order valence-electron chi connectivity index (χ2n) is 1.77. The number of carbonyl (C=O) groups excluding carboxylic acids is 1. The topological polar surface area (TPSA) is 82.7 Å². The Morgan fingerprint density at radius 1 is 1.73 bits per heavy atom. The van der Waals surface area contributed by atoms with Crippen molar-refractivity contribution in [1.29, 1.82) is 5.53 Å². The molecule has 5 nitrogen and oxygen atoms in total. The van der Waals surface area contributed by atoms with Crippen LogP contribution in [0.15, 0.2) is 16.6 Å². The smallest absolute Gasteiger partial charge is 0.362 e. The molecule has 0 rings (SSSR count). The van der Waals surface area contributed by atoms with E-state index in [1.807, 2.05) is 0 Å². The summed E-state index contributed by atoms with van der Waals surface area (Å²) in [6.07, 6.45) is 0. The molecule has 0 fully saturated rings. The van der Waals surface area contributed by atoms with Gasteiger partial charge in [0.15, 0.2) is 0 Å². The van der Waals surface area contributed by atoms with Crippen molar-refractivity contribution in [2.75, 3.05) is 6.61 Å². The molecule has 0 aliphatic rings. The summed E-state index contributed by atoms with van der Waals surface area (Å²) in [5.74, 6) is -1.08. The molecule has 0 saturated carbocycles. The molecule has 0 aromatic carbocycles. The molecule has 0 amide bonds. The number of nitrogens with zero attached hydrogens (tertiary/aromatic N) is 1. The number of rotatable bonds is 3. The second kappa shape index (κ2) is 4.43. The molecule has 62 valence electrons. The van der Waals surface area contributed by atoms with Crippen LogP contribution in [0.2, 0.25) is 0 Å². The number of allylic oxidation sites excluding steroid dienone is 1. The molecule has 0 spiro atoms. The van der Waals surface area contributed by atoms with Crippen LogP contribution in [0.25, 0.3) is 0 Å². The van der Waals surface area contributed by atoms with Crippen molar-refractivity contribution in [1.82, 2.24) is 0 Å². The SMILES string of the molecule is CCOC(=O)/C(N=N)=C(\C)O. The first kappa shape index (κ1) is 9.61. The monoisotopic (exact) mass is 158 g/mol. The van der Waals surface area contributed by atoms with Gasteiger partial charge in [-0.25, -0.2) is 10.3 Å². The predicted molar refractivity (Wildman–Crippen MR) is 37.1 cm³/mol. The van der Waals surface area contributed by atoms with Gasteiger partial charge >= 0.3 is 5.97 Å². The Kier molecular flexibility index (Phi) is 3.87. The van der Waals surface area contributed by atoms with E-state index in [-0.39, 0.29) is 18.1 Å². The maximum absolute atomic E-state index is 10.8. The first-order valence-corrected chi connectivity index (χ1v) is 3.07. The third kappa shape index (κ3) is 2.79. The highest BCUT2D eigenvalue weighted by Crippen LogP contribution is 2.04. The maximum atomic E-state index is 10.8. The fourth-order valence-corrected chi connectivity index (χ4v) is 0.474. The molecule has 0 bridgehead atoms. The van der Waals surface area contributed by atoms with Gasteiger partial charge in [0.25, 0.3) is 0 Å². The lowest BCUT2D eigenvalue weighted by Crippen LogP contribution is -2.07. The minimum absolute atomic E-state index is 0.200. The Morgan fingerprint density at radius 2 is 2.27 bits per heavy atom. The van der Waals surface area contributed by atoms with Crippen LogP contribution in [0.5, 0.6) is 0 Å². The summed E-state index contributed by atoms with van der Waals surface area (Å²) >= 11 is 0.